The fourth-order valence-corrected chi connectivity index (χ4v) is 2.86. The van der Waals surface area contributed by atoms with Gasteiger partial charge in [-0.2, -0.15) is 0 Å². The highest BCUT2D eigenvalue weighted by Crippen LogP contribution is 2.19. The first-order valence-corrected chi connectivity index (χ1v) is 7.73. The Balaban J connectivity index is 1.85. The van der Waals surface area contributed by atoms with Crippen molar-refractivity contribution < 1.29 is 4.79 Å². The van der Waals surface area contributed by atoms with Crippen molar-refractivity contribution in [3.8, 4) is 0 Å². The van der Waals surface area contributed by atoms with Crippen LogP contribution < -0.4 is 16.4 Å². The molecular weight excluding hydrogens is 264 g/mol. The fraction of sp³-hybridized carbons (Fsp3) is 0.562. The number of amides is 2. The molecule has 0 radical (unpaired) electrons. The van der Waals surface area contributed by atoms with Gasteiger partial charge in [0, 0.05) is 17.8 Å². The van der Waals surface area contributed by atoms with Gasteiger partial charge in [0.2, 0.25) is 0 Å². The second-order valence-electron chi connectivity index (χ2n) is 5.71. The van der Waals surface area contributed by atoms with Crippen molar-refractivity contribution in [2.75, 3.05) is 25.0 Å². The first-order valence-electron chi connectivity index (χ1n) is 7.73. The van der Waals surface area contributed by atoms with Gasteiger partial charge in [-0.1, -0.05) is 19.1 Å². The molecule has 2 amide bonds. The summed E-state index contributed by atoms with van der Waals surface area (Å²) in [6, 6.07) is 8.21. The minimum atomic E-state index is -0.531. The van der Waals surface area contributed by atoms with E-state index in [2.05, 4.69) is 29.4 Å². The van der Waals surface area contributed by atoms with E-state index in [0.717, 1.165) is 12.2 Å². The van der Waals surface area contributed by atoms with Gasteiger partial charge in [-0.3, -0.25) is 0 Å². The van der Waals surface area contributed by atoms with Crippen LogP contribution in [0.5, 0.6) is 0 Å². The summed E-state index contributed by atoms with van der Waals surface area (Å²) in [5.41, 5.74) is 7.06. The summed E-state index contributed by atoms with van der Waals surface area (Å²) in [6.07, 6.45) is 2.42. The summed E-state index contributed by atoms with van der Waals surface area (Å²) < 4.78 is 0. The van der Waals surface area contributed by atoms with Gasteiger partial charge in [0.05, 0.1) is 0 Å². The third kappa shape index (κ3) is 4.72. The van der Waals surface area contributed by atoms with Crippen molar-refractivity contribution >= 4 is 11.7 Å². The molecule has 116 valence electrons. The molecule has 0 aliphatic carbocycles. The number of rotatable bonds is 5. The van der Waals surface area contributed by atoms with E-state index in [9.17, 15) is 4.79 Å². The van der Waals surface area contributed by atoms with Gasteiger partial charge >= 0.3 is 6.03 Å². The smallest absolute Gasteiger partial charge is 0.316 e. The highest BCUT2D eigenvalue weighted by Gasteiger charge is 2.19. The van der Waals surface area contributed by atoms with E-state index in [1.54, 1.807) is 0 Å². The van der Waals surface area contributed by atoms with Gasteiger partial charge in [-0.25, -0.2) is 4.79 Å². The number of piperidine rings is 1. The number of nitrogens with zero attached hydrogens (tertiary/aromatic N) is 1. The molecule has 0 aromatic heterocycles. The van der Waals surface area contributed by atoms with E-state index in [4.69, 9.17) is 5.73 Å². The summed E-state index contributed by atoms with van der Waals surface area (Å²) in [5, 5.41) is 6.28. The van der Waals surface area contributed by atoms with Crippen LogP contribution in [0.3, 0.4) is 0 Å². The molecule has 21 heavy (non-hydrogen) atoms. The van der Waals surface area contributed by atoms with E-state index in [1.165, 1.54) is 31.5 Å². The fourth-order valence-electron chi connectivity index (χ4n) is 2.86. The summed E-state index contributed by atoms with van der Waals surface area (Å²) >= 11 is 0. The topological polar surface area (TPSA) is 70.4 Å². The van der Waals surface area contributed by atoms with Crippen LogP contribution in [0.4, 0.5) is 10.5 Å². The van der Waals surface area contributed by atoms with Crippen molar-refractivity contribution in [3.63, 3.8) is 0 Å². The Hall–Kier alpha value is -1.59. The van der Waals surface area contributed by atoms with Crippen LogP contribution in [0.1, 0.15) is 38.3 Å². The Kier molecular flexibility index (Phi) is 5.59. The Morgan fingerprint density at radius 2 is 1.95 bits per heavy atom. The molecule has 1 fully saturated rings. The summed E-state index contributed by atoms with van der Waals surface area (Å²) in [6.45, 7) is 7.92. The maximum Gasteiger partial charge on any atom is 0.316 e. The lowest BCUT2D eigenvalue weighted by Crippen LogP contribution is -2.43. The molecule has 1 aliphatic rings. The zero-order valence-corrected chi connectivity index (χ0v) is 12.9. The van der Waals surface area contributed by atoms with Crippen molar-refractivity contribution in [2.45, 2.75) is 38.8 Å². The first-order chi connectivity index (χ1) is 10.1. The minimum absolute atomic E-state index is 0.311. The van der Waals surface area contributed by atoms with E-state index < -0.39 is 6.03 Å². The number of benzene rings is 1. The lowest BCUT2D eigenvalue weighted by molar-refractivity contribution is 0.200. The normalized spacial score (nSPS) is 18.4. The van der Waals surface area contributed by atoms with Crippen molar-refractivity contribution in [3.05, 3.63) is 29.8 Å². The first kappa shape index (κ1) is 15.8. The number of hydrogen-bond acceptors (Lipinski definition) is 3. The second-order valence-corrected chi connectivity index (χ2v) is 5.71. The second kappa shape index (κ2) is 7.43. The molecule has 2 rings (SSSR count). The van der Waals surface area contributed by atoms with Gasteiger partial charge in [-0.05, 0) is 57.1 Å². The predicted molar refractivity (Wildman–Crippen MR) is 86.3 cm³/mol. The molecule has 4 N–H and O–H groups in total. The molecule has 1 saturated heterocycles. The zero-order chi connectivity index (χ0) is 15.2. The number of anilines is 1. The molecule has 1 aliphatic heterocycles. The Labute approximate surface area is 126 Å². The highest BCUT2D eigenvalue weighted by molar-refractivity contribution is 5.87. The zero-order valence-electron chi connectivity index (χ0n) is 12.9. The average Bonchev–Trinajstić information content (AvgIpc) is 2.48. The summed E-state index contributed by atoms with van der Waals surface area (Å²) in [4.78, 5) is 13.3. The van der Waals surface area contributed by atoms with Crippen molar-refractivity contribution in [2.24, 2.45) is 5.73 Å². The van der Waals surface area contributed by atoms with Gasteiger partial charge in [-0.15, -0.1) is 0 Å². The maximum atomic E-state index is 10.8. The summed E-state index contributed by atoms with van der Waals surface area (Å²) in [5.74, 6) is 0. The van der Waals surface area contributed by atoms with Crippen molar-refractivity contribution in [1.29, 1.82) is 0 Å². The average molecular weight is 290 g/mol. The number of nitrogens with two attached hydrogens (primary N) is 1. The van der Waals surface area contributed by atoms with Gasteiger partial charge in [0.1, 0.15) is 0 Å². The van der Waals surface area contributed by atoms with E-state index >= 15 is 0 Å². The highest BCUT2D eigenvalue weighted by atomic mass is 16.2. The molecule has 1 heterocycles. The largest absolute Gasteiger partial charge is 0.351 e. The number of carbonyl (C=O) groups excluding carboxylic acids is 1. The quantitative estimate of drug-likeness (QED) is 0.779. The molecule has 1 unspecified atom stereocenters. The van der Waals surface area contributed by atoms with Crippen LogP contribution in [0.25, 0.3) is 0 Å². The van der Waals surface area contributed by atoms with Crippen LogP contribution in [-0.4, -0.2) is 36.6 Å². The molecule has 1 aromatic rings. The van der Waals surface area contributed by atoms with Gasteiger partial charge in [0.15, 0.2) is 0 Å². The Morgan fingerprint density at radius 3 is 2.48 bits per heavy atom. The number of carbonyl (C=O) groups is 1. The predicted octanol–water partition coefficient (Wildman–Crippen LogP) is 2.31. The van der Waals surface area contributed by atoms with Crippen LogP contribution in [0.2, 0.25) is 0 Å². The van der Waals surface area contributed by atoms with Crippen LogP contribution in [-0.2, 0) is 0 Å². The third-order valence-corrected chi connectivity index (χ3v) is 4.20. The van der Waals surface area contributed by atoms with Crippen LogP contribution in [0, 0.1) is 0 Å². The molecule has 1 atom stereocenters. The number of urea groups is 1. The molecule has 0 saturated carbocycles. The molecule has 0 bridgehead atoms. The van der Waals surface area contributed by atoms with E-state index in [1.807, 2.05) is 24.3 Å². The lowest BCUT2D eigenvalue weighted by atomic mass is 10.0. The number of likely N-dealkylation sites (tertiary alicyclic amines) is 1. The number of primary amides is 1. The van der Waals surface area contributed by atoms with Crippen LogP contribution >= 0.6 is 0 Å². The Bertz CT molecular complexity index is 452. The van der Waals surface area contributed by atoms with Gasteiger partial charge < -0.3 is 21.3 Å². The molecule has 0 spiro atoms. The van der Waals surface area contributed by atoms with Crippen LogP contribution in [0.15, 0.2) is 24.3 Å². The maximum absolute atomic E-state index is 10.8. The molecule has 5 nitrogen and oxygen atoms in total. The van der Waals surface area contributed by atoms with Crippen molar-refractivity contribution in [1.82, 2.24) is 10.2 Å². The minimum Gasteiger partial charge on any atom is -0.351 e. The van der Waals surface area contributed by atoms with E-state index in [-0.39, 0.29) is 0 Å². The standard InChI is InChI=1S/C16H26N4O/c1-3-20-10-8-15(9-11-20)18-12(2)13-4-6-14(7-5-13)19-16(17)21/h4-7,12,15,18H,3,8-11H2,1-2H3,(H3,17,19,21). The summed E-state index contributed by atoms with van der Waals surface area (Å²) in [7, 11) is 0. The molecule has 1 aromatic carbocycles. The number of nitrogens with one attached hydrogen (secondary N) is 2. The SMILES string of the molecule is CCN1CCC(NC(C)c2ccc(NC(N)=O)cc2)CC1. The lowest BCUT2D eigenvalue weighted by Gasteiger charge is -2.33. The molecule has 5 heteroatoms. The monoisotopic (exact) mass is 290 g/mol. The Morgan fingerprint density at radius 1 is 1.33 bits per heavy atom. The third-order valence-electron chi connectivity index (χ3n) is 4.20. The molecular formula is C16H26N4O. The number of hydrogen-bond donors (Lipinski definition) is 3. The van der Waals surface area contributed by atoms with Gasteiger partial charge in [0.25, 0.3) is 0 Å². The van der Waals surface area contributed by atoms with E-state index in [0.29, 0.717) is 12.1 Å².